The van der Waals surface area contributed by atoms with Crippen LogP contribution in [0.4, 0.5) is 12.9 Å². The maximum Gasteiger partial charge on any atom is 0.482 e. The molecule has 0 atom stereocenters. The number of hydrogen-bond acceptors (Lipinski definition) is 1. The lowest BCUT2D eigenvalue weighted by Gasteiger charge is -2.16. The van der Waals surface area contributed by atoms with Crippen LogP contribution in [-0.4, -0.2) is 14.1 Å². The van der Waals surface area contributed by atoms with Gasteiger partial charge >= 0.3 is 6.98 Å². The minimum Gasteiger partial charge on any atom is -0.497 e. The van der Waals surface area contributed by atoms with Crippen LogP contribution < -0.4 is 4.74 Å². The quantitative estimate of drug-likeness (QED) is 0.715. The molecule has 0 aliphatic carbocycles. The second-order valence-corrected chi connectivity index (χ2v) is 3.31. The molecule has 0 amide bonds. The van der Waals surface area contributed by atoms with Crippen molar-refractivity contribution in [3.8, 4) is 5.75 Å². The van der Waals surface area contributed by atoms with Crippen molar-refractivity contribution in [2.24, 2.45) is 0 Å². The van der Waals surface area contributed by atoms with E-state index in [0.29, 0.717) is 0 Å². The maximum atomic E-state index is 12.2. The van der Waals surface area contributed by atoms with Gasteiger partial charge in [0.2, 0.25) is 0 Å². The number of methoxy groups -OCH3 is 1. The lowest BCUT2D eigenvalue weighted by molar-refractivity contribution is 0.406. The van der Waals surface area contributed by atoms with Gasteiger partial charge in [0.05, 0.1) is 7.11 Å². The predicted octanol–water partition coefficient (Wildman–Crippen LogP) is 3.28. The minimum atomic E-state index is -4.86. The molecular formula is C8H8BClF3O-. The molecule has 0 heterocycles. The van der Waals surface area contributed by atoms with Gasteiger partial charge in [0.1, 0.15) is 5.75 Å². The minimum absolute atomic E-state index is 0.0764. The van der Waals surface area contributed by atoms with E-state index in [9.17, 15) is 12.9 Å². The number of hydrogen-bond donors (Lipinski definition) is 0. The average Bonchev–Trinajstić information content (AvgIpc) is 2.01. The van der Waals surface area contributed by atoms with E-state index in [1.807, 2.05) is 0 Å². The highest BCUT2D eigenvalue weighted by Gasteiger charge is 2.24. The third-order valence-corrected chi connectivity index (χ3v) is 1.93. The predicted molar refractivity (Wildman–Crippen MR) is 50.8 cm³/mol. The highest BCUT2D eigenvalue weighted by molar-refractivity contribution is 6.58. The molecule has 78 valence electrons. The van der Waals surface area contributed by atoms with Gasteiger partial charge in [-0.25, -0.2) is 0 Å². The lowest BCUT2D eigenvalue weighted by atomic mass is 9.81. The number of benzene rings is 1. The Morgan fingerprint density at radius 2 is 2.00 bits per heavy atom. The van der Waals surface area contributed by atoms with Crippen LogP contribution in [0.3, 0.4) is 0 Å². The second kappa shape index (κ2) is 4.13. The zero-order valence-electron chi connectivity index (χ0n) is 7.44. The summed E-state index contributed by atoms with van der Waals surface area (Å²) in [5.41, 5.74) is 0.0764. The molecule has 0 spiro atoms. The second-order valence-electron chi connectivity index (χ2n) is 2.87. The summed E-state index contributed by atoms with van der Waals surface area (Å²) >= 11 is 5.59. The Kier molecular flexibility index (Phi) is 3.31. The summed E-state index contributed by atoms with van der Waals surface area (Å²) in [6, 6.07) is 4.20. The van der Waals surface area contributed by atoms with Crippen LogP contribution in [0.1, 0.15) is 5.56 Å². The van der Waals surface area contributed by atoms with Gasteiger partial charge in [-0.2, -0.15) is 0 Å². The first-order chi connectivity index (χ1) is 6.42. The van der Waals surface area contributed by atoms with E-state index >= 15 is 0 Å². The number of ether oxygens (including phenoxy) is 1. The molecule has 6 heteroatoms. The maximum absolute atomic E-state index is 12.2. The van der Waals surface area contributed by atoms with Gasteiger partial charge in [-0.05, 0) is 23.8 Å². The summed E-state index contributed by atoms with van der Waals surface area (Å²) < 4.78 is 41.3. The zero-order valence-corrected chi connectivity index (χ0v) is 8.19. The molecule has 1 aromatic carbocycles. The van der Waals surface area contributed by atoms with Gasteiger partial charge in [-0.1, -0.05) is 17.9 Å². The van der Waals surface area contributed by atoms with Crippen molar-refractivity contribution >= 4 is 18.6 Å². The molecule has 0 unspecified atom stereocenters. The topological polar surface area (TPSA) is 9.23 Å². The Morgan fingerprint density at radius 1 is 1.36 bits per heavy atom. The van der Waals surface area contributed by atoms with Crippen molar-refractivity contribution in [3.63, 3.8) is 0 Å². The average molecular weight is 223 g/mol. The third-order valence-electron chi connectivity index (χ3n) is 1.69. The van der Waals surface area contributed by atoms with Crippen LogP contribution in [0.2, 0.25) is 5.02 Å². The van der Waals surface area contributed by atoms with Crippen LogP contribution >= 0.6 is 11.6 Å². The molecule has 0 aliphatic heterocycles. The first-order valence-electron chi connectivity index (χ1n) is 3.96. The Balaban J connectivity index is 2.99. The van der Waals surface area contributed by atoms with E-state index < -0.39 is 13.3 Å². The van der Waals surface area contributed by atoms with Crippen LogP contribution in [0, 0.1) is 0 Å². The zero-order chi connectivity index (χ0) is 10.8. The van der Waals surface area contributed by atoms with Crippen LogP contribution in [0.5, 0.6) is 5.75 Å². The van der Waals surface area contributed by atoms with Crippen molar-refractivity contribution in [3.05, 3.63) is 28.8 Å². The normalized spacial score (nSPS) is 11.5. The Hall–Kier alpha value is -0.835. The number of rotatable bonds is 3. The molecule has 1 rings (SSSR count). The standard InChI is InChI=1S/C8H8BClF3O/c1-14-8-3-2-7(10)4-6(8)5-9(11,12)13/h2-4H,5H2,1H3/q-1. The van der Waals surface area contributed by atoms with Gasteiger partial charge < -0.3 is 17.7 Å². The molecule has 1 aromatic rings. The molecule has 0 aliphatic rings. The van der Waals surface area contributed by atoms with Crippen molar-refractivity contribution in [1.29, 1.82) is 0 Å². The van der Waals surface area contributed by atoms with Crippen LogP contribution in [0.15, 0.2) is 18.2 Å². The van der Waals surface area contributed by atoms with E-state index in [4.69, 9.17) is 16.3 Å². The van der Waals surface area contributed by atoms with Gasteiger partial charge in [-0.15, -0.1) is 0 Å². The van der Waals surface area contributed by atoms with Gasteiger partial charge in [0, 0.05) is 5.02 Å². The third kappa shape index (κ3) is 3.14. The fraction of sp³-hybridized carbons (Fsp3) is 0.250. The molecule has 0 fully saturated rings. The summed E-state index contributed by atoms with van der Waals surface area (Å²) in [7, 11) is 1.33. The molecule has 0 saturated carbocycles. The molecule has 14 heavy (non-hydrogen) atoms. The highest BCUT2D eigenvalue weighted by Crippen LogP contribution is 2.27. The molecule has 0 saturated heterocycles. The SMILES string of the molecule is COc1ccc(Cl)cc1C[B-](F)(F)F. The van der Waals surface area contributed by atoms with Crippen molar-refractivity contribution in [2.45, 2.75) is 6.32 Å². The summed E-state index contributed by atoms with van der Waals surface area (Å²) in [4.78, 5) is 0. The molecule has 0 bridgehead atoms. The highest BCUT2D eigenvalue weighted by atomic mass is 35.5. The van der Waals surface area contributed by atoms with Gasteiger partial charge in [-0.3, -0.25) is 0 Å². The molecule has 1 nitrogen and oxygen atoms in total. The monoisotopic (exact) mass is 223 g/mol. The fourth-order valence-corrected chi connectivity index (χ4v) is 1.35. The smallest absolute Gasteiger partial charge is 0.482 e. The van der Waals surface area contributed by atoms with Crippen molar-refractivity contribution in [2.75, 3.05) is 7.11 Å². The van der Waals surface area contributed by atoms with E-state index in [1.165, 1.54) is 25.3 Å². The molecule has 0 aromatic heterocycles. The lowest BCUT2D eigenvalue weighted by Crippen LogP contribution is -2.19. The van der Waals surface area contributed by atoms with E-state index in [-0.39, 0.29) is 16.3 Å². The molecular weight excluding hydrogens is 215 g/mol. The number of halogens is 4. The molecule has 0 N–H and O–H groups in total. The Labute approximate surface area is 84.9 Å². The molecule has 0 radical (unpaired) electrons. The Bertz CT molecular complexity index is 327. The van der Waals surface area contributed by atoms with E-state index in [1.54, 1.807) is 0 Å². The summed E-state index contributed by atoms with van der Waals surface area (Å²) in [5, 5.41) is 0.279. The first-order valence-corrected chi connectivity index (χ1v) is 4.33. The van der Waals surface area contributed by atoms with Crippen molar-refractivity contribution < 1.29 is 17.7 Å². The van der Waals surface area contributed by atoms with Crippen LogP contribution in [0.25, 0.3) is 0 Å². The van der Waals surface area contributed by atoms with Gasteiger partial charge in [0.25, 0.3) is 0 Å². The summed E-state index contributed by atoms with van der Waals surface area (Å²) in [6.45, 7) is -4.86. The van der Waals surface area contributed by atoms with E-state index in [0.717, 1.165) is 0 Å². The van der Waals surface area contributed by atoms with Gasteiger partial charge in [0.15, 0.2) is 0 Å². The largest absolute Gasteiger partial charge is 0.497 e. The van der Waals surface area contributed by atoms with Crippen molar-refractivity contribution in [1.82, 2.24) is 0 Å². The first kappa shape index (κ1) is 11.2. The summed E-state index contributed by atoms with van der Waals surface area (Å²) in [6.07, 6.45) is -0.969. The fourth-order valence-electron chi connectivity index (χ4n) is 1.16. The van der Waals surface area contributed by atoms with Crippen LogP contribution in [-0.2, 0) is 6.32 Å². The van der Waals surface area contributed by atoms with E-state index in [2.05, 4.69) is 0 Å². The Morgan fingerprint density at radius 3 is 2.50 bits per heavy atom. The summed E-state index contributed by atoms with van der Waals surface area (Å²) in [5.74, 6) is 0.216.